The van der Waals surface area contributed by atoms with Crippen molar-refractivity contribution in [3.05, 3.63) is 35.4 Å². The third-order valence-electron chi connectivity index (χ3n) is 1.97. The van der Waals surface area contributed by atoms with Gasteiger partial charge in [-0.15, -0.1) is 0 Å². The fraction of sp³-hybridized carbons (Fsp3) is 0.182. The minimum atomic E-state index is -1.52. The van der Waals surface area contributed by atoms with E-state index in [1.165, 1.54) is 6.07 Å². The van der Waals surface area contributed by atoms with Crippen LogP contribution in [0.2, 0.25) is 0 Å². The number of hydrogen-bond acceptors (Lipinski definition) is 3. The Hall–Kier alpha value is -2.35. The fourth-order valence-electron chi connectivity index (χ4n) is 1.07. The van der Waals surface area contributed by atoms with Gasteiger partial charge in [0, 0.05) is 5.56 Å². The molecule has 0 heterocycles. The van der Waals surface area contributed by atoms with Crippen LogP contribution < -0.4 is 5.32 Å². The first-order valence-corrected chi connectivity index (χ1v) is 4.54. The Bertz CT molecular complexity index is 445. The molecule has 1 aromatic rings. The predicted octanol–water partition coefficient (Wildman–Crippen LogP) is 0.702. The lowest BCUT2D eigenvalue weighted by Gasteiger charge is -2.07. The summed E-state index contributed by atoms with van der Waals surface area (Å²) in [6.45, 7) is 1.87. The zero-order chi connectivity index (χ0) is 12.1. The van der Waals surface area contributed by atoms with Crippen molar-refractivity contribution >= 4 is 11.9 Å². The largest absolute Gasteiger partial charge is 0.479 e. The summed E-state index contributed by atoms with van der Waals surface area (Å²) >= 11 is 0. The number of nitrogens with zero attached hydrogens (tertiary/aromatic N) is 1. The molecule has 1 amide bonds. The second-order valence-corrected chi connectivity index (χ2v) is 3.24. The first-order chi connectivity index (χ1) is 7.54. The van der Waals surface area contributed by atoms with Gasteiger partial charge >= 0.3 is 5.97 Å². The first-order valence-electron chi connectivity index (χ1n) is 4.54. The Morgan fingerprint density at radius 3 is 2.38 bits per heavy atom. The highest BCUT2D eigenvalue weighted by atomic mass is 16.4. The van der Waals surface area contributed by atoms with Crippen LogP contribution in [0.5, 0.6) is 0 Å². The molecule has 0 bridgehead atoms. The van der Waals surface area contributed by atoms with E-state index >= 15 is 0 Å². The molecule has 0 aromatic heterocycles. The molecular formula is C11H10N2O3. The molecule has 0 aliphatic heterocycles. The lowest BCUT2D eigenvalue weighted by atomic mass is 10.1. The van der Waals surface area contributed by atoms with Crippen LogP contribution in [0, 0.1) is 18.3 Å². The minimum absolute atomic E-state index is 0.326. The Morgan fingerprint density at radius 2 is 1.94 bits per heavy atom. The summed E-state index contributed by atoms with van der Waals surface area (Å²) in [7, 11) is 0. The third kappa shape index (κ3) is 2.82. The van der Waals surface area contributed by atoms with Gasteiger partial charge in [0.15, 0.2) is 0 Å². The van der Waals surface area contributed by atoms with Gasteiger partial charge in [0.1, 0.15) is 0 Å². The molecule has 2 N–H and O–H groups in total. The van der Waals surface area contributed by atoms with Crippen molar-refractivity contribution in [1.82, 2.24) is 5.32 Å². The van der Waals surface area contributed by atoms with E-state index < -0.39 is 17.9 Å². The molecule has 0 radical (unpaired) electrons. The number of carboxylic acid groups (broad SMARTS) is 1. The standard InChI is InChI=1S/C11H10N2O3/c1-7-2-4-8(5-3-7)10(14)13-9(6-12)11(15)16/h2-5,9H,1H3,(H,13,14)(H,15,16). The minimum Gasteiger partial charge on any atom is -0.479 e. The molecule has 16 heavy (non-hydrogen) atoms. The molecule has 0 saturated carbocycles. The summed E-state index contributed by atoms with van der Waals surface area (Å²) in [5, 5.41) is 19.2. The lowest BCUT2D eigenvalue weighted by Crippen LogP contribution is -2.39. The molecule has 1 atom stereocenters. The number of nitrogens with one attached hydrogen (secondary N) is 1. The number of rotatable bonds is 3. The van der Waals surface area contributed by atoms with Crippen molar-refractivity contribution in [3.8, 4) is 6.07 Å². The highest BCUT2D eigenvalue weighted by molar-refractivity contribution is 5.97. The van der Waals surface area contributed by atoms with Crippen LogP contribution in [0.1, 0.15) is 15.9 Å². The molecule has 0 saturated heterocycles. The number of nitriles is 1. The van der Waals surface area contributed by atoms with Gasteiger partial charge in [-0.1, -0.05) is 17.7 Å². The van der Waals surface area contributed by atoms with Crippen molar-refractivity contribution in [2.45, 2.75) is 13.0 Å². The molecule has 5 nitrogen and oxygen atoms in total. The first kappa shape index (κ1) is 11.7. The van der Waals surface area contributed by atoms with E-state index in [1.807, 2.05) is 6.92 Å². The van der Waals surface area contributed by atoms with Gasteiger partial charge in [0.25, 0.3) is 5.91 Å². The summed E-state index contributed by atoms with van der Waals surface area (Å²) in [5.74, 6) is -1.95. The van der Waals surface area contributed by atoms with Gasteiger partial charge in [0.2, 0.25) is 6.04 Å². The Kier molecular flexibility index (Phi) is 3.62. The van der Waals surface area contributed by atoms with Crippen molar-refractivity contribution < 1.29 is 14.7 Å². The third-order valence-corrected chi connectivity index (χ3v) is 1.97. The highest BCUT2D eigenvalue weighted by Crippen LogP contribution is 2.03. The Morgan fingerprint density at radius 1 is 1.38 bits per heavy atom. The molecule has 1 aromatic carbocycles. The maximum atomic E-state index is 11.5. The van der Waals surface area contributed by atoms with Crippen LogP contribution in [-0.4, -0.2) is 23.0 Å². The molecule has 1 rings (SSSR count). The van der Waals surface area contributed by atoms with E-state index in [0.29, 0.717) is 5.56 Å². The highest BCUT2D eigenvalue weighted by Gasteiger charge is 2.19. The van der Waals surface area contributed by atoms with E-state index in [4.69, 9.17) is 10.4 Å². The molecular weight excluding hydrogens is 208 g/mol. The number of hydrogen-bond donors (Lipinski definition) is 2. The second kappa shape index (κ2) is 4.94. The van der Waals surface area contributed by atoms with Crippen molar-refractivity contribution in [2.24, 2.45) is 0 Å². The lowest BCUT2D eigenvalue weighted by molar-refractivity contribution is -0.137. The van der Waals surface area contributed by atoms with E-state index in [2.05, 4.69) is 5.32 Å². The Balaban J connectivity index is 2.76. The topological polar surface area (TPSA) is 90.2 Å². The van der Waals surface area contributed by atoms with Crippen LogP contribution in [-0.2, 0) is 4.79 Å². The van der Waals surface area contributed by atoms with Crippen LogP contribution in [0.25, 0.3) is 0 Å². The molecule has 82 valence electrons. The van der Waals surface area contributed by atoms with E-state index in [-0.39, 0.29) is 0 Å². The normalized spacial score (nSPS) is 11.2. The molecule has 0 aliphatic carbocycles. The molecule has 5 heteroatoms. The second-order valence-electron chi connectivity index (χ2n) is 3.24. The van der Waals surface area contributed by atoms with Gasteiger partial charge in [-0.2, -0.15) is 5.26 Å². The summed E-state index contributed by atoms with van der Waals surface area (Å²) in [6.07, 6.45) is 0. The number of aliphatic carboxylic acids is 1. The van der Waals surface area contributed by atoms with Gasteiger partial charge < -0.3 is 10.4 Å². The van der Waals surface area contributed by atoms with Gasteiger partial charge in [0.05, 0.1) is 6.07 Å². The van der Waals surface area contributed by atoms with Gasteiger partial charge in [-0.05, 0) is 19.1 Å². The summed E-state index contributed by atoms with van der Waals surface area (Å²) < 4.78 is 0. The van der Waals surface area contributed by atoms with Crippen LogP contribution in [0.3, 0.4) is 0 Å². The smallest absolute Gasteiger partial charge is 0.341 e. The Labute approximate surface area is 92.3 Å². The number of benzene rings is 1. The van der Waals surface area contributed by atoms with Crippen LogP contribution >= 0.6 is 0 Å². The van der Waals surface area contributed by atoms with Crippen molar-refractivity contribution in [1.29, 1.82) is 5.26 Å². The predicted molar refractivity (Wildman–Crippen MR) is 55.7 cm³/mol. The molecule has 0 spiro atoms. The number of carbonyl (C=O) groups is 2. The molecule has 1 unspecified atom stereocenters. The van der Waals surface area contributed by atoms with Gasteiger partial charge in [-0.3, -0.25) is 4.79 Å². The average molecular weight is 218 g/mol. The summed E-state index contributed by atoms with van der Waals surface area (Å²) in [5.41, 5.74) is 1.32. The average Bonchev–Trinajstić information content (AvgIpc) is 2.26. The van der Waals surface area contributed by atoms with Gasteiger partial charge in [-0.25, -0.2) is 4.79 Å². The number of amides is 1. The van der Waals surface area contributed by atoms with Crippen LogP contribution in [0.15, 0.2) is 24.3 Å². The molecule has 0 aliphatic rings. The number of carboxylic acids is 1. The summed E-state index contributed by atoms with van der Waals surface area (Å²) in [6, 6.07) is 6.57. The van der Waals surface area contributed by atoms with E-state index in [0.717, 1.165) is 5.56 Å². The van der Waals surface area contributed by atoms with E-state index in [9.17, 15) is 9.59 Å². The zero-order valence-corrected chi connectivity index (χ0v) is 8.60. The maximum Gasteiger partial charge on any atom is 0.341 e. The monoisotopic (exact) mass is 218 g/mol. The number of aryl methyl sites for hydroxylation is 1. The fourth-order valence-corrected chi connectivity index (χ4v) is 1.07. The van der Waals surface area contributed by atoms with Crippen molar-refractivity contribution in [2.75, 3.05) is 0 Å². The summed E-state index contributed by atoms with van der Waals surface area (Å²) in [4.78, 5) is 22.0. The SMILES string of the molecule is Cc1ccc(C(=O)NC(C#N)C(=O)O)cc1. The van der Waals surface area contributed by atoms with Crippen LogP contribution in [0.4, 0.5) is 0 Å². The quantitative estimate of drug-likeness (QED) is 0.781. The van der Waals surface area contributed by atoms with Crippen molar-refractivity contribution in [3.63, 3.8) is 0 Å². The van der Waals surface area contributed by atoms with E-state index in [1.54, 1.807) is 24.3 Å². The molecule has 0 fully saturated rings. The number of carbonyl (C=O) groups excluding carboxylic acids is 1. The maximum absolute atomic E-state index is 11.5. The zero-order valence-electron chi connectivity index (χ0n) is 8.60.